The number of aliphatic carboxylic acids is 1. The van der Waals surface area contributed by atoms with Gasteiger partial charge in [-0.05, 0) is 49.7 Å². The number of nitrogens with two attached hydrogens (primary N) is 1. The van der Waals surface area contributed by atoms with Crippen LogP contribution >= 0.6 is 23.5 Å². The van der Waals surface area contributed by atoms with Crippen molar-refractivity contribution in [2.75, 3.05) is 30.6 Å². The maximum atomic E-state index is 13.4. The van der Waals surface area contributed by atoms with Gasteiger partial charge in [-0.15, -0.1) is 0 Å². The number of hydrogen-bond acceptors (Lipinski definition) is 8. The summed E-state index contributed by atoms with van der Waals surface area (Å²) in [5.74, 6) is -1.06. The highest BCUT2D eigenvalue weighted by Crippen LogP contribution is 2.20. The van der Waals surface area contributed by atoms with Crippen molar-refractivity contribution < 1.29 is 24.3 Å². The van der Waals surface area contributed by atoms with E-state index in [1.807, 2.05) is 12.5 Å². The van der Waals surface area contributed by atoms with Crippen LogP contribution in [0, 0.1) is 0 Å². The third-order valence-electron chi connectivity index (χ3n) is 5.63. The normalized spacial score (nSPS) is 18.2. The molecule has 3 amide bonds. The van der Waals surface area contributed by atoms with E-state index in [1.165, 1.54) is 17.4 Å². The number of carboxylic acids is 1. The van der Waals surface area contributed by atoms with E-state index in [0.717, 1.165) is 5.75 Å². The maximum absolute atomic E-state index is 13.4. The van der Waals surface area contributed by atoms with Crippen molar-refractivity contribution in [1.29, 1.82) is 0 Å². The van der Waals surface area contributed by atoms with Crippen LogP contribution in [0.1, 0.15) is 31.4 Å². The second kappa shape index (κ2) is 14.2. The van der Waals surface area contributed by atoms with Crippen molar-refractivity contribution in [3.8, 4) is 0 Å². The summed E-state index contributed by atoms with van der Waals surface area (Å²) in [6, 6.07) is -3.47. The summed E-state index contributed by atoms with van der Waals surface area (Å²) >= 11 is 3.14. The number of imidazole rings is 1. The molecular formula is C21H34N6O5S2. The molecule has 1 aromatic rings. The van der Waals surface area contributed by atoms with Gasteiger partial charge in [0.15, 0.2) is 0 Å². The summed E-state index contributed by atoms with van der Waals surface area (Å²) in [6.07, 6.45) is 8.75. The SMILES string of the molecule is CSCCC(N)C(=O)NC(CCSC)C(=O)N1CCCC1C(=O)NC(Cc1cnc[nH]1)C(=O)O. The molecule has 1 fully saturated rings. The topological polar surface area (TPSA) is 171 Å². The number of aromatic amines is 1. The molecule has 2 rings (SSSR count). The number of amides is 3. The number of thioether (sulfide) groups is 2. The summed E-state index contributed by atoms with van der Waals surface area (Å²) in [4.78, 5) is 58.7. The number of carbonyl (C=O) groups excluding carboxylic acids is 3. The third-order valence-corrected chi connectivity index (χ3v) is 6.91. The average molecular weight is 515 g/mol. The quantitative estimate of drug-likeness (QED) is 0.226. The molecule has 11 nitrogen and oxygen atoms in total. The number of carbonyl (C=O) groups is 4. The van der Waals surface area contributed by atoms with Gasteiger partial charge < -0.3 is 31.4 Å². The molecule has 0 aromatic carbocycles. The van der Waals surface area contributed by atoms with Gasteiger partial charge in [-0.1, -0.05) is 0 Å². The van der Waals surface area contributed by atoms with Gasteiger partial charge in [0, 0.05) is 24.9 Å². The lowest BCUT2D eigenvalue weighted by atomic mass is 10.1. The molecular weight excluding hydrogens is 480 g/mol. The molecule has 0 radical (unpaired) electrons. The minimum atomic E-state index is -1.18. The van der Waals surface area contributed by atoms with E-state index in [0.29, 0.717) is 43.7 Å². The number of carboxylic acid groups (broad SMARTS) is 1. The number of likely N-dealkylation sites (tertiary alicyclic amines) is 1. The van der Waals surface area contributed by atoms with E-state index >= 15 is 0 Å². The zero-order chi connectivity index (χ0) is 25.1. The fraction of sp³-hybridized carbons (Fsp3) is 0.667. The summed E-state index contributed by atoms with van der Waals surface area (Å²) in [5.41, 5.74) is 6.54. The van der Waals surface area contributed by atoms with Crippen molar-refractivity contribution in [2.24, 2.45) is 5.73 Å². The number of H-pyrrole nitrogens is 1. The van der Waals surface area contributed by atoms with Gasteiger partial charge in [-0.25, -0.2) is 9.78 Å². The molecule has 2 heterocycles. The van der Waals surface area contributed by atoms with Crippen molar-refractivity contribution in [2.45, 2.75) is 56.3 Å². The number of hydrogen-bond donors (Lipinski definition) is 5. The van der Waals surface area contributed by atoms with Gasteiger partial charge in [-0.3, -0.25) is 14.4 Å². The van der Waals surface area contributed by atoms with Crippen molar-refractivity contribution in [3.05, 3.63) is 18.2 Å². The first-order valence-corrected chi connectivity index (χ1v) is 13.9. The van der Waals surface area contributed by atoms with E-state index in [2.05, 4.69) is 20.6 Å². The van der Waals surface area contributed by atoms with Gasteiger partial charge in [0.25, 0.3) is 0 Å². The van der Waals surface area contributed by atoms with Crippen LogP contribution in [0.25, 0.3) is 0 Å². The van der Waals surface area contributed by atoms with E-state index in [4.69, 9.17) is 5.73 Å². The Morgan fingerprint density at radius 2 is 1.91 bits per heavy atom. The standard InChI is InChI=1S/C21H34N6O5S2/c1-33-8-5-14(22)18(28)25-15(6-9-34-2)20(30)27-7-3-4-17(27)19(29)26-16(21(31)32)10-13-11-23-12-24-13/h11-12,14-17H,3-10,22H2,1-2H3,(H,23,24)(H,25,28)(H,26,29)(H,31,32). The molecule has 0 bridgehead atoms. The monoisotopic (exact) mass is 514 g/mol. The van der Waals surface area contributed by atoms with E-state index < -0.39 is 36.0 Å². The van der Waals surface area contributed by atoms with Crippen LogP contribution in [-0.4, -0.2) is 98.4 Å². The largest absolute Gasteiger partial charge is 0.480 e. The van der Waals surface area contributed by atoms with Crippen LogP contribution in [0.4, 0.5) is 0 Å². The fourth-order valence-electron chi connectivity index (χ4n) is 3.74. The minimum Gasteiger partial charge on any atom is -0.480 e. The Kier molecular flexibility index (Phi) is 11.7. The molecule has 1 aliphatic rings. The Hall–Kier alpha value is -2.25. The van der Waals surface area contributed by atoms with Crippen LogP contribution in [0.2, 0.25) is 0 Å². The molecule has 4 atom stereocenters. The number of nitrogens with one attached hydrogen (secondary N) is 3. The molecule has 1 saturated heterocycles. The Morgan fingerprint density at radius 1 is 1.21 bits per heavy atom. The molecule has 0 spiro atoms. The lowest BCUT2D eigenvalue weighted by Crippen LogP contribution is -2.57. The van der Waals surface area contributed by atoms with Gasteiger partial charge in [0.2, 0.25) is 17.7 Å². The van der Waals surface area contributed by atoms with Gasteiger partial charge >= 0.3 is 5.97 Å². The maximum Gasteiger partial charge on any atom is 0.326 e. The predicted octanol–water partition coefficient (Wildman–Crippen LogP) is -0.169. The van der Waals surface area contributed by atoms with Crippen LogP contribution in [-0.2, 0) is 25.6 Å². The summed E-state index contributed by atoms with van der Waals surface area (Å²) in [5, 5.41) is 14.9. The van der Waals surface area contributed by atoms with Crippen molar-refractivity contribution >= 4 is 47.2 Å². The zero-order valence-corrected chi connectivity index (χ0v) is 21.1. The highest BCUT2D eigenvalue weighted by molar-refractivity contribution is 7.98. The van der Waals surface area contributed by atoms with Crippen LogP contribution in [0.3, 0.4) is 0 Å². The molecule has 4 unspecified atom stereocenters. The molecule has 6 N–H and O–H groups in total. The van der Waals surface area contributed by atoms with Gasteiger partial charge in [-0.2, -0.15) is 23.5 Å². The van der Waals surface area contributed by atoms with E-state index in [9.17, 15) is 24.3 Å². The van der Waals surface area contributed by atoms with Crippen LogP contribution < -0.4 is 16.4 Å². The van der Waals surface area contributed by atoms with Gasteiger partial charge in [0.05, 0.1) is 12.4 Å². The smallest absolute Gasteiger partial charge is 0.326 e. The highest BCUT2D eigenvalue weighted by atomic mass is 32.2. The second-order valence-corrected chi connectivity index (χ2v) is 10.1. The molecule has 1 aromatic heterocycles. The van der Waals surface area contributed by atoms with Crippen LogP contribution in [0.15, 0.2) is 12.5 Å². The van der Waals surface area contributed by atoms with E-state index in [-0.39, 0.29) is 18.2 Å². The lowest BCUT2D eigenvalue weighted by Gasteiger charge is -2.30. The third kappa shape index (κ3) is 8.20. The van der Waals surface area contributed by atoms with Crippen molar-refractivity contribution in [3.63, 3.8) is 0 Å². The molecule has 0 aliphatic carbocycles. The number of aromatic nitrogens is 2. The van der Waals surface area contributed by atoms with Gasteiger partial charge in [0.1, 0.15) is 18.1 Å². The highest BCUT2D eigenvalue weighted by Gasteiger charge is 2.39. The second-order valence-electron chi connectivity index (χ2n) is 8.10. The summed E-state index contributed by atoms with van der Waals surface area (Å²) in [6.45, 7) is 0.360. The Morgan fingerprint density at radius 3 is 2.53 bits per heavy atom. The Labute approximate surface area is 207 Å². The molecule has 190 valence electrons. The molecule has 1 aliphatic heterocycles. The first-order chi connectivity index (χ1) is 16.3. The first kappa shape index (κ1) is 28.0. The number of nitrogens with zero attached hydrogens (tertiary/aromatic N) is 2. The Balaban J connectivity index is 2.07. The minimum absolute atomic E-state index is 0.0437. The fourth-order valence-corrected chi connectivity index (χ4v) is 4.70. The first-order valence-electron chi connectivity index (χ1n) is 11.1. The molecule has 34 heavy (non-hydrogen) atoms. The van der Waals surface area contributed by atoms with Crippen molar-refractivity contribution in [1.82, 2.24) is 25.5 Å². The molecule has 0 saturated carbocycles. The number of rotatable bonds is 14. The summed E-state index contributed by atoms with van der Waals surface area (Å²) < 4.78 is 0. The Bertz CT molecular complexity index is 825. The van der Waals surface area contributed by atoms with E-state index in [1.54, 1.807) is 23.5 Å². The average Bonchev–Trinajstić information content (AvgIpc) is 3.51. The van der Waals surface area contributed by atoms with Crippen LogP contribution in [0.5, 0.6) is 0 Å². The zero-order valence-electron chi connectivity index (χ0n) is 19.5. The molecule has 13 heteroatoms. The predicted molar refractivity (Wildman–Crippen MR) is 132 cm³/mol. The lowest BCUT2D eigenvalue weighted by molar-refractivity contribution is -0.145. The summed E-state index contributed by atoms with van der Waals surface area (Å²) in [7, 11) is 0.